The van der Waals surface area contributed by atoms with Crippen molar-refractivity contribution in [3.63, 3.8) is 0 Å². The second-order valence-electron chi connectivity index (χ2n) is 5.53. The van der Waals surface area contributed by atoms with Crippen LogP contribution in [0, 0.1) is 0 Å². The van der Waals surface area contributed by atoms with Crippen molar-refractivity contribution in [2.45, 2.75) is 26.2 Å². The Kier molecular flexibility index (Phi) is 3.72. The molecule has 106 valence electrons. The van der Waals surface area contributed by atoms with Gasteiger partial charge in [-0.25, -0.2) is 0 Å². The molecule has 1 amide bonds. The lowest BCUT2D eigenvalue weighted by molar-refractivity contribution is 0.102. The number of rotatable bonds is 2. The van der Waals surface area contributed by atoms with Gasteiger partial charge < -0.3 is 10.4 Å². The highest BCUT2D eigenvalue weighted by molar-refractivity contribution is 6.31. The number of benzene rings is 1. The zero-order valence-corrected chi connectivity index (χ0v) is 12.2. The standard InChI is InChI=1S/C14H16ClN3O2/c1-14(2,3)11-7-12(18-17-11)16-13(20)9-6-8(15)4-5-10(9)19/h4-7,19H,1-3H3,(H2,16,17,18,20). The number of aromatic nitrogens is 2. The zero-order valence-electron chi connectivity index (χ0n) is 11.5. The molecule has 6 heteroatoms. The molecule has 0 spiro atoms. The number of aromatic hydroxyl groups is 1. The summed E-state index contributed by atoms with van der Waals surface area (Å²) in [5.74, 6) is -0.185. The third-order valence-corrected chi connectivity index (χ3v) is 3.07. The quantitative estimate of drug-likeness (QED) is 0.795. The van der Waals surface area contributed by atoms with Crippen molar-refractivity contribution < 1.29 is 9.90 Å². The van der Waals surface area contributed by atoms with Crippen LogP contribution in [-0.2, 0) is 5.41 Å². The Balaban J connectivity index is 2.20. The number of carbonyl (C=O) groups excluding carboxylic acids is 1. The molecule has 2 rings (SSSR count). The minimum absolute atomic E-state index is 0.0891. The summed E-state index contributed by atoms with van der Waals surface area (Å²) >= 11 is 5.81. The summed E-state index contributed by atoms with van der Waals surface area (Å²) in [6, 6.07) is 6.06. The van der Waals surface area contributed by atoms with E-state index in [4.69, 9.17) is 11.6 Å². The number of nitrogens with zero attached hydrogens (tertiary/aromatic N) is 1. The fourth-order valence-corrected chi connectivity index (χ4v) is 1.82. The fraction of sp³-hybridized carbons (Fsp3) is 0.286. The van der Waals surface area contributed by atoms with Crippen LogP contribution in [0.1, 0.15) is 36.8 Å². The van der Waals surface area contributed by atoms with Gasteiger partial charge in [0.25, 0.3) is 5.91 Å². The van der Waals surface area contributed by atoms with Crippen LogP contribution in [-0.4, -0.2) is 21.2 Å². The Morgan fingerprint density at radius 1 is 1.35 bits per heavy atom. The number of H-pyrrole nitrogens is 1. The summed E-state index contributed by atoms with van der Waals surface area (Å²) in [5.41, 5.74) is 0.926. The molecule has 0 unspecified atom stereocenters. The van der Waals surface area contributed by atoms with Gasteiger partial charge in [-0.15, -0.1) is 0 Å². The van der Waals surface area contributed by atoms with Gasteiger partial charge in [-0.1, -0.05) is 32.4 Å². The molecule has 0 aliphatic heterocycles. The first kappa shape index (κ1) is 14.4. The minimum atomic E-state index is -0.461. The lowest BCUT2D eigenvalue weighted by Gasteiger charge is -2.14. The monoisotopic (exact) mass is 293 g/mol. The predicted molar refractivity (Wildman–Crippen MR) is 78.4 cm³/mol. The van der Waals surface area contributed by atoms with Gasteiger partial charge in [0.05, 0.1) is 5.56 Å². The Labute approximate surface area is 122 Å². The molecule has 1 aromatic carbocycles. The maximum absolute atomic E-state index is 12.1. The van der Waals surface area contributed by atoms with Gasteiger partial charge in [0.2, 0.25) is 0 Å². The summed E-state index contributed by atoms with van der Waals surface area (Å²) < 4.78 is 0. The highest BCUT2D eigenvalue weighted by atomic mass is 35.5. The molecular weight excluding hydrogens is 278 g/mol. The lowest BCUT2D eigenvalue weighted by atomic mass is 9.92. The number of carbonyl (C=O) groups is 1. The number of halogens is 1. The van der Waals surface area contributed by atoms with Gasteiger partial charge in [0, 0.05) is 22.2 Å². The molecule has 0 atom stereocenters. The third-order valence-electron chi connectivity index (χ3n) is 2.83. The summed E-state index contributed by atoms with van der Waals surface area (Å²) in [6.07, 6.45) is 0. The number of hydrogen-bond donors (Lipinski definition) is 3. The number of phenols is 1. The number of hydrogen-bond acceptors (Lipinski definition) is 3. The van der Waals surface area contributed by atoms with Crippen molar-refractivity contribution >= 4 is 23.3 Å². The highest BCUT2D eigenvalue weighted by Crippen LogP contribution is 2.24. The molecule has 0 saturated carbocycles. The molecule has 20 heavy (non-hydrogen) atoms. The van der Waals surface area contributed by atoms with Crippen molar-refractivity contribution in [3.8, 4) is 5.75 Å². The molecule has 2 aromatic rings. The van der Waals surface area contributed by atoms with Crippen LogP contribution in [0.3, 0.4) is 0 Å². The zero-order chi connectivity index (χ0) is 14.9. The van der Waals surface area contributed by atoms with E-state index < -0.39 is 5.91 Å². The van der Waals surface area contributed by atoms with E-state index in [1.807, 2.05) is 20.8 Å². The van der Waals surface area contributed by atoms with Crippen LogP contribution in [0.4, 0.5) is 5.82 Å². The van der Waals surface area contributed by atoms with Crippen molar-refractivity contribution in [1.29, 1.82) is 0 Å². The second-order valence-corrected chi connectivity index (χ2v) is 5.97. The smallest absolute Gasteiger partial charge is 0.260 e. The van der Waals surface area contributed by atoms with Gasteiger partial charge in [0.15, 0.2) is 5.82 Å². The molecule has 0 bridgehead atoms. The van der Waals surface area contributed by atoms with Crippen LogP contribution in [0.15, 0.2) is 24.3 Å². The van der Waals surface area contributed by atoms with Gasteiger partial charge in [-0.2, -0.15) is 5.10 Å². The molecule has 0 aliphatic rings. The Morgan fingerprint density at radius 3 is 2.65 bits per heavy atom. The van der Waals surface area contributed by atoms with Crippen LogP contribution in [0.5, 0.6) is 5.75 Å². The lowest BCUT2D eigenvalue weighted by Crippen LogP contribution is -2.12. The molecule has 0 aliphatic carbocycles. The van der Waals surface area contributed by atoms with Gasteiger partial charge in [-0.05, 0) is 18.2 Å². The first-order chi connectivity index (χ1) is 9.27. The number of aromatic amines is 1. The van der Waals surface area contributed by atoms with E-state index in [1.54, 1.807) is 6.07 Å². The van der Waals surface area contributed by atoms with Crippen LogP contribution < -0.4 is 5.32 Å². The summed E-state index contributed by atoms with van der Waals surface area (Å²) in [7, 11) is 0. The van der Waals surface area contributed by atoms with Crippen molar-refractivity contribution in [3.05, 3.63) is 40.5 Å². The average Bonchev–Trinajstić information content (AvgIpc) is 2.80. The van der Waals surface area contributed by atoms with Crippen LogP contribution >= 0.6 is 11.6 Å². The molecule has 1 heterocycles. The van der Waals surface area contributed by atoms with Gasteiger partial charge in [0.1, 0.15) is 5.75 Å². The summed E-state index contributed by atoms with van der Waals surface area (Å²) in [5, 5.41) is 19.6. The largest absolute Gasteiger partial charge is 0.507 e. The SMILES string of the molecule is CC(C)(C)c1cc(NC(=O)c2cc(Cl)ccc2O)n[nH]1. The van der Waals surface area contributed by atoms with Crippen LogP contribution in [0.2, 0.25) is 5.02 Å². The average molecular weight is 294 g/mol. The van der Waals surface area contributed by atoms with Gasteiger partial charge >= 0.3 is 0 Å². The van der Waals surface area contributed by atoms with Crippen molar-refractivity contribution in [2.24, 2.45) is 0 Å². The normalized spacial score (nSPS) is 11.4. The van der Waals surface area contributed by atoms with Gasteiger partial charge in [-0.3, -0.25) is 9.89 Å². The summed E-state index contributed by atoms with van der Waals surface area (Å²) in [6.45, 7) is 6.11. The summed E-state index contributed by atoms with van der Waals surface area (Å²) in [4.78, 5) is 12.1. The van der Waals surface area contributed by atoms with Crippen LogP contribution in [0.25, 0.3) is 0 Å². The van der Waals surface area contributed by atoms with Crippen molar-refractivity contribution in [2.75, 3.05) is 5.32 Å². The highest BCUT2D eigenvalue weighted by Gasteiger charge is 2.18. The second kappa shape index (κ2) is 5.17. The Hall–Kier alpha value is -2.01. The van der Waals surface area contributed by atoms with E-state index in [0.29, 0.717) is 10.8 Å². The molecule has 0 radical (unpaired) electrons. The maximum Gasteiger partial charge on any atom is 0.260 e. The van der Waals surface area contributed by atoms with E-state index in [1.165, 1.54) is 18.2 Å². The number of anilines is 1. The molecular formula is C14H16ClN3O2. The van der Waals surface area contributed by atoms with E-state index in [2.05, 4.69) is 15.5 Å². The molecule has 0 saturated heterocycles. The Bertz CT molecular complexity index is 644. The number of amides is 1. The van der Waals surface area contributed by atoms with E-state index >= 15 is 0 Å². The molecule has 5 nitrogen and oxygen atoms in total. The number of phenolic OH excluding ortho intramolecular Hbond substituents is 1. The number of nitrogens with one attached hydrogen (secondary N) is 2. The fourth-order valence-electron chi connectivity index (χ4n) is 1.64. The van der Waals surface area contributed by atoms with Crippen molar-refractivity contribution in [1.82, 2.24) is 10.2 Å². The Morgan fingerprint density at radius 2 is 2.05 bits per heavy atom. The molecule has 1 aromatic heterocycles. The minimum Gasteiger partial charge on any atom is -0.507 e. The van der Waals surface area contributed by atoms with E-state index in [-0.39, 0.29) is 16.7 Å². The maximum atomic E-state index is 12.1. The molecule has 0 fully saturated rings. The van der Waals surface area contributed by atoms with E-state index in [0.717, 1.165) is 5.69 Å². The molecule has 3 N–H and O–H groups in total. The third kappa shape index (κ3) is 3.11. The first-order valence-electron chi connectivity index (χ1n) is 6.13. The predicted octanol–water partition coefficient (Wildman–Crippen LogP) is 3.32. The topological polar surface area (TPSA) is 78.0 Å². The first-order valence-corrected chi connectivity index (χ1v) is 6.51. The van der Waals surface area contributed by atoms with E-state index in [9.17, 15) is 9.90 Å².